The number of thioether (sulfide) groups is 1. The van der Waals surface area contributed by atoms with Crippen molar-refractivity contribution >= 4 is 45.3 Å². The number of nitrogens with one attached hydrogen (secondary N) is 3. The Bertz CT molecular complexity index is 1120. The summed E-state index contributed by atoms with van der Waals surface area (Å²) in [5, 5.41) is 5.49. The van der Waals surface area contributed by atoms with Crippen LogP contribution in [0.15, 0.2) is 34.2 Å². The third kappa shape index (κ3) is 5.01. The summed E-state index contributed by atoms with van der Waals surface area (Å²) in [5.41, 5.74) is 1.12. The first kappa shape index (κ1) is 21.0. The number of halogens is 1. The number of fused-ring (bicyclic) bond motifs is 1. The van der Waals surface area contributed by atoms with Crippen LogP contribution in [0.2, 0.25) is 0 Å². The van der Waals surface area contributed by atoms with Crippen molar-refractivity contribution in [3.05, 3.63) is 45.3 Å². The Hall–Kier alpha value is -2.72. The third-order valence-electron chi connectivity index (χ3n) is 3.86. The van der Waals surface area contributed by atoms with Gasteiger partial charge in [-0.15, -0.1) is 11.3 Å². The summed E-state index contributed by atoms with van der Waals surface area (Å²) in [6, 6.07) is 5.28. The summed E-state index contributed by atoms with van der Waals surface area (Å²) in [6.45, 7) is 5.44. The van der Waals surface area contributed by atoms with Crippen LogP contribution in [0.25, 0.3) is 21.3 Å². The van der Waals surface area contributed by atoms with E-state index in [0.29, 0.717) is 10.2 Å². The highest BCUT2D eigenvalue weighted by Gasteiger charge is 2.17. The molecule has 0 aliphatic carbocycles. The van der Waals surface area contributed by atoms with Crippen molar-refractivity contribution < 1.29 is 14.0 Å². The van der Waals surface area contributed by atoms with Crippen LogP contribution in [0.1, 0.15) is 18.7 Å². The van der Waals surface area contributed by atoms with Gasteiger partial charge in [-0.2, -0.15) is 0 Å². The number of hydrogen-bond acceptors (Lipinski definition) is 6. The maximum atomic E-state index is 13.2. The third-order valence-corrected chi connectivity index (χ3v) is 5.73. The number of thiophene rings is 1. The van der Waals surface area contributed by atoms with Crippen LogP contribution >= 0.6 is 23.1 Å². The van der Waals surface area contributed by atoms with Gasteiger partial charge in [-0.1, -0.05) is 23.9 Å². The fraction of sp³-hybridized carbons (Fsp3) is 0.263. The Kier molecular flexibility index (Phi) is 6.33. The zero-order valence-corrected chi connectivity index (χ0v) is 17.6. The number of urea groups is 1. The smallest absolute Gasteiger partial charge is 0.321 e. The second kappa shape index (κ2) is 8.75. The lowest BCUT2D eigenvalue weighted by molar-refractivity contribution is -0.117. The minimum atomic E-state index is -0.569. The average Bonchev–Trinajstić information content (AvgIpc) is 2.96. The molecule has 3 amide bonds. The normalized spacial score (nSPS) is 11.1. The van der Waals surface area contributed by atoms with Crippen molar-refractivity contribution in [2.24, 2.45) is 0 Å². The van der Waals surface area contributed by atoms with Gasteiger partial charge in [-0.3, -0.25) is 14.9 Å². The van der Waals surface area contributed by atoms with E-state index in [9.17, 15) is 18.8 Å². The number of aryl methyl sites for hydroxylation is 1. The van der Waals surface area contributed by atoms with Gasteiger partial charge in [0.2, 0.25) is 5.91 Å². The molecule has 0 saturated heterocycles. The second-order valence-corrected chi connectivity index (χ2v) is 8.72. The van der Waals surface area contributed by atoms with Crippen LogP contribution < -0.4 is 16.2 Å². The maximum absolute atomic E-state index is 13.2. The Balaban J connectivity index is 1.80. The first-order valence-corrected chi connectivity index (χ1v) is 10.6. The Morgan fingerprint density at radius 1 is 1.28 bits per heavy atom. The molecule has 0 atom stereocenters. The molecule has 152 valence electrons. The lowest BCUT2D eigenvalue weighted by Crippen LogP contribution is -2.43. The molecule has 0 aliphatic heterocycles. The molecule has 3 aromatic rings. The van der Waals surface area contributed by atoms with E-state index in [4.69, 9.17) is 0 Å². The van der Waals surface area contributed by atoms with Gasteiger partial charge in [0.15, 0.2) is 5.16 Å². The summed E-state index contributed by atoms with van der Waals surface area (Å²) in [7, 11) is 0. The molecular weight excluding hydrogens is 415 g/mol. The van der Waals surface area contributed by atoms with Gasteiger partial charge in [0.25, 0.3) is 5.56 Å². The van der Waals surface area contributed by atoms with Gasteiger partial charge in [0, 0.05) is 16.5 Å². The maximum Gasteiger partial charge on any atom is 0.321 e. The van der Waals surface area contributed by atoms with Crippen LogP contribution in [0.4, 0.5) is 9.18 Å². The Labute approximate surface area is 174 Å². The standard InChI is InChI=1S/C19H19FN4O3S2/c1-9(2)21-18(27)22-13(25)8-28-19-23-16(26)15-14(10(3)29-17(15)24-19)11-4-6-12(20)7-5-11/h4-7,9H,8H2,1-3H3,(H,23,24,26)(H2,21,22,25,27). The summed E-state index contributed by atoms with van der Waals surface area (Å²) in [4.78, 5) is 44.6. The van der Waals surface area contributed by atoms with Gasteiger partial charge < -0.3 is 10.3 Å². The number of rotatable bonds is 5. The van der Waals surface area contributed by atoms with E-state index in [0.717, 1.165) is 27.8 Å². The topological polar surface area (TPSA) is 104 Å². The molecule has 0 aliphatic rings. The predicted octanol–water partition coefficient (Wildman–Crippen LogP) is 3.43. The minimum absolute atomic E-state index is 0.0743. The second-order valence-electron chi connectivity index (χ2n) is 6.56. The zero-order valence-electron chi connectivity index (χ0n) is 16.0. The van der Waals surface area contributed by atoms with Crippen LogP contribution in [-0.2, 0) is 4.79 Å². The molecule has 2 aromatic heterocycles. The Morgan fingerprint density at radius 3 is 2.62 bits per heavy atom. The van der Waals surface area contributed by atoms with Crippen LogP contribution in [0, 0.1) is 12.7 Å². The summed E-state index contributed by atoms with van der Waals surface area (Å²) >= 11 is 2.38. The molecular formula is C19H19FN4O3S2. The number of aromatic nitrogens is 2. The lowest BCUT2D eigenvalue weighted by Gasteiger charge is -2.08. The van der Waals surface area contributed by atoms with E-state index in [-0.39, 0.29) is 28.3 Å². The number of imide groups is 1. The largest absolute Gasteiger partial charge is 0.336 e. The quantitative estimate of drug-likeness (QED) is 0.422. The lowest BCUT2D eigenvalue weighted by atomic mass is 10.0. The van der Waals surface area contributed by atoms with Crippen molar-refractivity contribution in [2.45, 2.75) is 32.0 Å². The summed E-state index contributed by atoms with van der Waals surface area (Å²) < 4.78 is 13.2. The molecule has 3 N–H and O–H groups in total. The first-order valence-electron chi connectivity index (χ1n) is 8.77. The van der Waals surface area contributed by atoms with Crippen LogP contribution in [0.3, 0.4) is 0 Å². The fourth-order valence-electron chi connectivity index (χ4n) is 2.73. The molecule has 0 saturated carbocycles. The molecule has 2 heterocycles. The first-order chi connectivity index (χ1) is 13.7. The van der Waals surface area contributed by atoms with Crippen LogP contribution in [-0.4, -0.2) is 33.7 Å². The van der Waals surface area contributed by atoms with Crippen LogP contribution in [0.5, 0.6) is 0 Å². The number of H-pyrrole nitrogens is 1. The number of benzene rings is 1. The van der Waals surface area contributed by atoms with E-state index in [1.165, 1.54) is 23.5 Å². The molecule has 0 unspecified atom stereocenters. The number of nitrogens with zero attached hydrogens (tertiary/aromatic N) is 1. The molecule has 7 nitrogen and oxygen atoms in total. The van der Waals surface area contributed by atoms with Crippen molar-refractivity contribution in [1.29, 1.82) is 0 Å². The predicted molar refractivity (Wildman–Crippen MR) is 113 cm³/mol. The van der Waals surface area contributed by atoms with Gasteiger partial charge in [-0.25, -0.2) is 14.2 Å². The monoisotopic (exact) mass is 434 g/mol. The molecule has 1 aromatic carbocycles. The molecule has 0 bridgehead atoms. The van der Waals surface area contributed by atoms with Crippen molar-refractivity contribution in [3.8, 4) is 11.1 Å². The molecule has 0 spiro atoms. The Morgan fingerprint density at radius 2 is 1.97 bits per heavy atom. The van der Waals surface area contributed by atoms with Gasteiger partial charge in [-0.05, 0) is 38.5 Å². The van der Waals surface area contributed by atoms with E-state index in [1.807, 2.05) is 6.92 Å². The number of hydrogen-bond donors (Lipinski definition) is 3. The summed E-state index contributed by atoms with van der Waals surface area (Å²) in [6.07, 6.45) is 0. The fourth-order valence-corrected chi connectivity index (χ4v) is 4.49. The van der Waals surface area contributed by atoms with E-state index in [1.54, 1.807) is 26.0 Å². The van der Waals surface area contributed by atoms with Gasteiger partial charge in [0.05, 0.1) is 11.1 Å². The molecule has 0 fully saturated rings. The van der Waals surface area contributed by atoms with E-state index < -0.39 is 11.9 Å². The van der Waals surface area contributed by atoms with E-state index in [2.05, 4.69) is 20.6 Å². The highest BCUT2D eigenvalue weighted by atomic mass is 32.2. The van der Waals surface area contributed by atoms with Gasteiger partial charge >= 0.3 is 6.03 Å². The average molecular weight is 435 g/mol. The minimum Gasteiger partial charge on any atom is -0.336 e. The molecule has 3 rings (SSSR count). The SMILES string of the molecule is Cc1sc2nc(SCC(=O)NC(=O)NC(C)C)[nH]c(=O)c2c1-c1ccc(F)cc1. The number of carbonyl (C=O) groups excluding carboxylic acids is 2. The number of carbonyl (C=O) groups is 2. The van der Waals surface area contributed by atoms with Gasteiger partial charge in [0.1, 0.15) is 10.6 Å². The van der Waals surface area contributed by atoms with Crippen molar-refractivity contribution in [3.63, 3.8) is 0 Å². The highest BCUT2D eigenvalue weighted by molar-refractivity contribution is 7.99. The highest BCUT2D eigenvalue weighted by Crippen LogP contribution is 2.36. The summed E-state index contributed by atoms with van der Waals surface area (Å²) in [5.74, 6) is -0.919. The zero-order chi connectivity index (χ0) is 21.1. The van der Waals surface area contributed by atoms with Crippen molar-refractivity contribution in [1.82, 2.24) is 20.6 Å². The number of aromatic amines is 1. The molecule has 10 heteroatoms. The number of amides is 3. The molecule has 0 radical (unpaired) electrons. The van der Waals surface area contributed by atoms with Crippen molar-refractivity contribution in [2.75, 3.05) is 5.75 Å². The van der Waals surface area contributed by atoms with E-state index >= 15 is 0 Å². The molecule has 29 heavy (non-hydrogen) atoms.